The summed E-state index contributed by atoms with van der Waals surface area (Å²) in [6, 6.07) is 12.0. The molecule has 2 aromatic heterocycles. The average molecular weight is 514 g/mol. The van der Waals surface area contributed by atoms with Crippen LogP contribution in [0.5, 0.6) is 5.75 Å². The van der Waals surface area contributed by atoms with E-state index in [0.29, 0.717) is 42.4 Å². The van der Waals surface area contributed by atoms with Crippen LogP contribution in [0.2, 0.25) is 0 Å². The summed E-state index contributed by atoms with van der Waals surface area (Å²) in [5, 5.41) is 12.2. The molecule has 9 nitrogen and oxygen atoms in total. The Bertz CT molecular complexity index is 1650. The van der Waals surface area contributed by atoms with E-state index in [4.69, 9.17) is 9.72 Å². The summed E-state index contributed by atoms with van der Waals surface area (Å²) >= 11 is 0. The van der Waals surface area contributed by atoms with E-state index < -0.39 is 12.7 Å². The van der Waals surface area contributed by atoms with Crippen molar-refractivity contribution >= 4 is 22.9 Å². The van der Waals surface area contributed by atoms with Gasteiger partial charge >= 0.3 is 6.61 Å². The van der Waals surface area contributed by atoms with Gasteiger partial charge in [0.05, 0.1) is 34.6 Å². The van der Waals surface area contributed by atoms with Gasteiger partial charge < -0.3 is 19.5 Å². The fourth-order valence-corrected chi connectivity index (χ4v) is 5.83. The molecule has 0 aliphatic carbocycles. The van der Waals surface area contributed by atoms with Crippen LogP contribution in [0.3, 0.4) is 0 Å². The molecule has 5 heterocycles. The number of carbonyl (C=O) groups excluding carboxylic acids is 1. The minimum absolute atomic E-state index is 0.00775. The maximum atomic E-state index is 13.2. The third-order valence-corrected chi connectivity index (χ3v) is 7.57. The second kappa shape index (κ2) is 7.95. The number of nitrogens with zero attached hydrogens (tertiary/aromatic N) is 6. The zero-order valence-corrected chi connectivity index (χ0v) is 20.2. The molecule has 1 saturated heterocycles. The third-order valence-electron chi connectivity index (χ3n) is 7.57. The Morgan fingerprint density at radius 1 is 1.18 bits per heavy atom. The fraction of sp³-hybridized carbons (Fsp3) is 0.296. The number of rotatable bonds is 4. The zero-order chi connectivity index (χ0) is 26.2. The Labute approximate surface area is 215 Å². The number of aromatic nitrogens is 4. The summed E-state index contributed by atoms with van der Waals surface area (Å²) in [5.74, 6) is 0.919. The normalized spacial score (nSPS) is 20.8. The van der Waals surface area contributed by atoms with Crippen molar-refractivity contribution in [3.63, 3.8) is 0 Å². The minimum Gasteiger partial charge on any atom is -0.434 e. The van der Waals surface area contributed by atoms with Crippen LogP contribution in [0.15, 0.2) is 48.8 Å². The Morgan fingerprint density at radius 2 is 1.97 bits per heavy atom. The summed E-state index contributed by atoms with van der Waals surface area (Å²) in [7, 11) is 0. The molecule has 0 spiro atoms. The standard InChI is InChI=1S/C27H21F2N7O2/c1-27(11-30)12-35(13-27)26-31-9-15(10-32-26)14-5-6-17-19(7-14)36-20-8-18(23(36)33-17)34-24(37)16-3-2-4-21(22(16)20)38-25(28)29/h2-7,9-10,18,20,25H,8,12-13H2,1H3,(H,34,37)/t18-,20-/m1/s1. The molecule has 2 aromatic carbocycles. The van der Waals surface area contributed by atoms with Gasteiger partial charge in [0, 0.05) is 42.2 Å². The van der Waals surface area contributed by atoms with Crippen LogP contribution in [-0.2, 0) is 0 Å². The molecule has 0 radical (unpaired) electrons. The number of benzene rings is 2. The van der Waals surface area contributed by atoms with Gasteiger partial charge in [-0.05, 0) is 43.2 Å². The maximum absolute atomic E-state index is 13.2. The highest BCUT2D eigenvalue weighted by Crippen LogP contribution is 2.47. The maximum Gasteiger partial charge on any atom is 0.387 e. The van der Waals surface area contributed by atoms with E-state index in [1.807, 2.05) is 34.6 Å². The summed E-state index contributed by atoms with van der Waals surface area (Å²) in [5.41, 5.74) is 3.61. The molecule has 38 heavy (non-hydrogen) atoms. The summed E-state index contributed by atoms with van der Waals surface area (Å²) in [4.78, 5) is 28.7. The number of amides is 1. The number of anilines is 1. The van der Waals surface area contributed by atoms with Crippen LogP contribution >= 0.6 is 0 Å². The number of carbonyl (C=O) groups is 1. The molecule has 190 valence electrons. The second-order valence-corrected chi connectivity index (χ2v) is 10.2. The average Bonchev–Trinajstić information content (AvgIpc) is 3.38. The number of imidazole rings is 1. The van der Waals surface area contributed by atoms with E-state index in [-0.39, 0.29) is 23.1 Å². The van der Waals surface area contributed by atoms with E-state index in [1.165, 1.54) is 6.07 Å². The van der Waals surface area contributed by atoms with Crippen molar-refractivity contribution in [3.05, 3.63) is 65.7 Å². The molecular formula is C27H21F2N7O2. The first-order valence-electron chi connectivity index (χ1n) is 12.2. The van der Waals surface area contributed by atoms with Gasteiger partial charge in [0.15, 0.2) is 0 Å². The molecule has 1 amide bonds. The molecule has 2 atom stereocenters. The SMILES string of the molecule is CC1(C#N)CN(c2ncc(-c3ccc4nc5n(c4c3)[C@@H]3C[C@H]5NC(=O)c4cccc(OC(F)F)c43)cn2)C1. The number of nitriles is 1. The highest BCUT2D eigenvalue weighted by molar-refractivity contribution is 5.98. The number of hydrogen-bond acceptors (Lipinski definition) is 7. The predicted octanol–water partition coefficient (Wildman–Crippen LogP) is 4.22. The molecule has 2 bridgehead atoms. The predicted molar refractivity (Wildman–Crippen MR) is 133 cm³/mol. The first kappa shape index (κ1) is 22.6. The molecule has 3 aliphatic rings. The van der Waals surface area contributed by atoms with Crippen molar-refractivity contribution in [1.29, 1.82) is 5.26 Å². The summed E-state index contributed by atoms with van der Waals surface area (Å²) in [6.07, 6.45) is 3.99. The van der Waals surface area contributed by atoms with E-state index in [0.717, 1.165) is 22.2 Å². The first-order valence-corrected chi connectivity index (χ1v) is 12.2. The van der Waals surface area contributed by atoms with Gasteiger partial charge in [-0.2, -0.15) is 14.0 Å². The Kier molecular flexibility index (Phi) is 4.73. The van der Waals surface area contributed by atoms with Gasteiger partial charge in [0.25, 0.3) is 5.91 Å². The van der Waals surface area contributed by atoms with E-state index in [2.05, 4.69) is 21.4 Å². The zero-order valence-electron chi connectivity index (χ0n) is 20.2. The molecule has 11 heteroatoms. The van der Waals surface area contributed by atoms with Crippen LogP contribution in [-0.4, -0.2) is 45.1 Å². The number of fused-ring (bicyclic) bond motifs is 9. The molecule has 4 aromatic rings. The van der Waals surface area contributed by atoms with E-state index >= 15 is 0 Å². The van der Waals surface area contributed by atoms with E-state index in [1.54, 1.807) is 24.5 Å². The number of halogens is 2. The lowest BCUT2D eigenvalue weighted by atomic mass is 9.84. The molecule has 3 aliphatic heterocycles. The van der Waals surface area contributed by atoms with Gasteiger partial charge in [-0.25, -0.2) is 15.0 Å². The van der Waals surface area contributed by atoms with Crippen molar-refractivity contribution in [2.75, 3.05) is 18.0 Å². The topological polar surface area (TPSA) is 109 Å². The number of ether oxygens (including phenoxy) is 1. The molecule has 7 rings (SSSR count). The lowest BCUT2D eigenvalue weighted by Gasteiger charge is -2.43. The van der Waals surface area contributed by atoms with Crippen molar-refractivity contribution in [2.45, 2.75) is 32.0 Å². The molecule has 1 N–H and O–H groups in total. The van der Waals surface area contributed by atoms with Crippen molar-refractivity contribution in [3.8, 4) is 22.9 Å². The lowest BCUT2D eigenvalue weighted by molar-refractivity contribution is -0.0507. The first-order chi connectivity index (χ1) is 18.3. The minimum atomic E-state index is -3.01. The fourth-order valence-electron chi connectivity index (χ4n) is 5.83. The molecule has 0 saturated carbocycles. The van der Waals surface area contributed by atoms with Gasteiger partial charge in [-0.15, -0.1) is 0 Å². The van der Waals surface area contributed by atoms with Gasteiger partial charge in [-0.1, -0.05) is 12.1 Å². The van der Waals surface area contributed by atoms with Gasteiger partial charge in [-0.3, -0.25) is 4.79 Å². The van der Waals surface area contributed by atoms with Crippen LogP contribution in [0, 0.1) is 16.7 Å². The second-order valence-electron chi connectivity index (χ2n) is 10.2. The largest absolute Gasteiger partial charge is 0.434 e. The Balaban J connectivity index is 1.29. The van der Waals surface area contributed by atoms with Crippen molar-refractivity contribution in [1.82, 2.24) is 24.8 Å². The smallest absolute Gasteiger partial charge is 0.387 e. The highest BCUT2D eigenvalue weighted by atomic mass is 19.3. The monoisotopic (exact) mass is 513 g/mol. The Hall–Kier alpha value is -4.59. The summed E-state index contributed by atoms with van der Waals surface area (Å²) < 4.78 is 33.4. The van der Waals surface area contributed by atoms with Crippen molar-refractivity contribution < 1.29 is 18.3 Å². The molecule has 0 unspecified atom stereocenters. The molecule has 1 fully saturated rings. The number of nitrogens with one attached hydrogen (secondary N) is 1. The van der Waals surface area contributed by atoms with Crippen LogP contribution in [0.25, 0.3) is 22.2 Å². The van der Waals surface area contributed by atoms with Crippen LogP contribution in [0.1, 0.15) is 47.2 Å². The van der Waals surface area contributed by atoms with Gasteiger partial charge in [0.2, 0.25) is 5.95 Å². The number of hydrogen-bond donors (Lipinski definition) is 1. The number of alkyl halides is 2. The summed E-state index contributed by atoms with van der Waals surface area (Å²) in [6.45, 7) is 0.0901. The lowest BCUT2D eigenvalue weighted by Crippen LogP contribution is -2.54. The Morgan fingerprint density at radius 3 is 2.71 bits per heavy atom. The third kappa shape index (κ3) is 3.33. The van der Waals surface area contributed by atoms with Crippen LogP contribution in [0.4, 0.5) is 14.7 Å². The van der Waals surface area contributed by atoms with E-state index in [9.17, 15) is 18.8 Å². The van der Waals surface area contributed by atoms with Crippen LogP contribution < -0.4 is 15.0 Å². The van der Waals surface area contributed by atoms with Gasteiger partial charge in [0.1, 0.15) is 11.6 Å². The molecular weight excluding hydrogens is 492 g/mol. The van der Waals surface area contributed by atoms with Crippen molar-refractivity contribution in [2.24, 2.45) is 5.41 Å². The highest BCUT2D eigenvalue weighted by Gasteiger charge is 2.42. The quantitative estimate of drug-likeness (QED) is 0.435.